The molecule has 0 spiro atoms. The fourth-order valence-electron chi connectivity index (χ4n) is 4.37. The Morgan fingerprint density at radius 3 is 2.29 bits per heavy atom. The molecule has 0 aromatic heterocycles. The molecule has 0 aliphatic carbocycles. The smallest absolute Gasteiger partial charge is 0.262 e. The third-order valence-electron chi connectivity index (χ3n) is 5.96. The highest BCUT2D eigenvalue weighted by Gasteiger charge is 2.34. The number of nitrogens with zero attached hydrogens (tertiary/aromatic N) is 1. The van der Waals surface area contributed by atoms with Crippen LogP contribution in [0.4, 0.5) is 11.4 Å². The summed E-state index contributed by atoms with van der Waals surface area (Å²) in [6, 6.07) is 29.4. The quantitative estimate of drug-likeness (QED) is 0.334. The molecular formula is C29H25ClN2O2. The first-order valence-corrected chi connectivity index (χ1v) is 11.6. The standard InChI is InChI=1S/C29H25ClN2O2/c1-19-15-20(2)17-23(16-19)32-28(31-27-10-6-4-8-25(27)29(32)33)21-11-13-24(14-12-21)34-18-22-7-3-5-9-26(22)30/h3-17,28,31H,18H2,1-2H3. The van der Waals surface area contributed by atoms with E-state index in [0.717, 1.165) is 39.4 Å². The lowest BCUT2D eigenvalue weighted by atomic mass is 10.0. The normalized spacial score (nSPS) is 15.0. The zero-order valence-corrected chi connectivity index (χ0v) is 19.8. The maximum atomic E-state index is 13.6. The predicted molar refractivity (Wildman–Crippen MR) is 138 cm³/mol. The van der Waals surface area contributed by atoms with E-state index >= 15 is 0 Å². The molecule has 0 bridgehead atoms. The number of aryl methyl sites for hydroxylation is 2. The van der Waals surface area contributed by atoms with E-state index in [1.807, 2.05) is 91.5 Å². The van der Waals surface area contributed by atoms with Crippen LogP contribution >= 0.6 is 11.6 Å². The Bertz CT molecular complexity index is 1330. The molecule has 0 radical (unpaired) electrons. The van der Waals surface area contributed by atoms with Crippen LogP contribution in [0.2, 0.25) is 5.02 Å². The summed E-state index contributed by atoms with van der Waals surface area (Å²) in [5.74, 6) is 0.715. The van der Waals surface area contributed by atoms with E-state index in [0.29, 0.717) is 17.2 Å². The number of benzene rings is 4. The van der Waals surface area contributed by atoms with E-state index in [9.17, 15) is 4.79 Å². The Kier molecular flexibility index (Phi) is 5.99. The molecule has 1 aliphatic rings. The van der Waals surface area contributed by atoms with Gasteiger partial charge in [0.1, 0.15) is 18.5 Å². The van der Waals surface area contributed by atoms with Gasteiger partial charge in [-0.05, 0) is 73.0 Å². The zero-order chi connectivity index (χ0) is 23.7. The Hall–Kier alpha value is -3.76. The summed E-state index contributed by atoms with van der Waals surface area (Å²) in [4.78, 5) is 15.5. The topological polar surface area (TPSA) is 41.6 Å². The first-order chi connectivity index (χ1) is 16.5. The molecule has 1 amide bonds. The average molecular weight is 469 g/mol. The van der Waals surface area contributed by atoms with E-state index in [-0.39, 0.29) is 12.1 Å². The van der Waals surface area contributed by atoms with Crippen LogP contribution in [0.3, 0.4) is 0 Å². The molecule has 1 N–H and O–H groups in total. The summed E-state index contributed by atoms with van der Waals surface area (Å²) in [5, 5.41) is 4.25. The van der Waals surface area contributed by atoms with Crippen LogP contribution in [0.5, 0.6) is 5.75 Å². The lowest BCUT2D eigenvalue weighted by Crippen LogP contribution is -2.43. The van der Waals surface area contributed by atoms with Crippen molar-refractivity contribution < 1.29 is 9.53 Å². The van der Waals surface area contributed by atoms with E-state index < -0.39 is 0 Å². The number of carbonyl (C=O) groups is 1. The molecule has 1 atom stereocenters. The number of fused-ring (bicyclic) bond motifs is 1. The van der Waals surface area contributed by atoms with E-state index in [4.69, 9.17) is 16.3 Å². The summed E-state index contributed by atoms with van der Waals surface area (Å²) >= 11 is 6.24. The fourth-order valence-corrected chi connectivity index (χ4v) is 4.56. The number of carbonyl (C=O) groups excluding carboxylic acids is 1. The van der Waals surface area contributed by atoms with Crippen LogP contribution in [0.25, 0.3) is 0 Å². The number of ether oxygens (including phenoxy) is 1. The molecule has 4 aromatic carbocycles. The predicted octanol–water partition coefficient (Wildman–Crippen LogP) is 7.31. The monoisotopic (exact) mass is 468 g/mol. The van der Waals surface area contributed by atoms with E-state index in [1.165, 1.54) is 0 Å². The molecule has 170 valence electrons. The van der Waals surface area contributed by atoms with Crippen molar-refractivity contribution >= 4 is 28.9 Å². The average Bonchev–Trinajstić information content (AvgIpc) is 2.83. The molecule has 5 heteroatoms. The second kappa shape index (κ2) is 9.24. The third-order valence-corrected chi connectivity index (χ3v) is 6.33. The zero-order valence-electron chi connectivity index (χ0n) is 19.1. The Labute approximate surface area is 204 Å². The SMILES string of the molecule is Cc1cc(C)cc(N2C(=O)c3ccccc3NC2c2ccc(OCc3ccccc3Cl)cc2)c1. The summed E-state index contributed by atoms with van der Waals surface area (Å²) < 4.78 is 5.95. The van der Waals surface area contributed by atoms with Crippen molar-refractivity contribution in [1.29, 1.82) is 0 Å². The Morgan fingerprint density at radius 2 is 1.56 bits per heavy atom. The van der Waals surface area contributed by atoms with Crippen molar-refractivity contribution in [1.82, 2.24) is 0 Å². The molecular weight excluding hydrogens is 444 g/mol. The van der Waals surface area contributed by atoms with Crippen molar-refractivity contribution in [3.05, 3.63) is 124 Å². The van der Waals surface area contributed by atoms with Gasteiger partial charge in [-0.1, -0.05) is 60.1 Å². The Balaban J connectivity index is 1.46. The van der Waals surface area contributed by atoms with E-state index in [1.54, 1.807) is 0 Å². The molecule has 0 saturated heterocycles. The first kappa shape index (κ1) is 22.1. The summed E-state index contributed by atoms with van der Waals surface area (Å²) in [6.45, 7) is 4.49. The molecule has 4 aromatic rings. The maximum Gasteiger partial charge on any atom is 0.262 e. The van der Waals surface area contributed by atoms with Crippen molar-refractivity contribution in [2.24, 2.45) is 0 Å². The minimum Gasteiger partial charge on any atom is -0.489 e. The maximum absolute atomic E-state index is 13.6. The summed E-state index contributed by atoms with van der Waals surface area (Å²) in [6.07, 6.45) is -0.346. The van der Waals surface area contributed by atoms with Crippen molar-refractivity contribution in [3.63, 3.8) is 0 Å². The summed E-state index contributed by atoms with van der Waals surface area (Å²) in [7, 11) is 0. The molecule has 1 unspecified atom stereocenters. The number of amides is 1. The molecule has 0 saturated carbocycles. The lowest BCUT2D eigenvalue weighted by molar-refractivity contribution is 0.0975. The molecule has 1 heterocycles. The molecule has 4 nitrogen and oxygen atoms in total. The lowest BCUT2D eigenvalue weighted by Gasteiger charge is -2.38. The second-order valence-electron chi connectivity index (χ2n) is 8.56. The first-order valence-electron chi connectivity index (χ1n) is 11.2. The van der Waals surface area contributed by atoms with Gasteiger partial charge in [0, 0.05) is 22.0 Å². The number of para-hydroxylation sites is 1. The van der Waals surface area contributed by atoms with Crippen LogP contribution in [0.15, 0.2) is 91.0 Å². The number of rotatable bonds is 5. The van der Waals surface area contributed by atoms with Crippen LogP contribution in [0.1, 0.15) is 38.8 Å². The van der Waals surface area contributed by atoms with Crippen molar-refractivity contribution in [2.75, 3.05) is 10.2 Å². The van der Waals surface area contributed by atoms with Gasteiger partial charge in [-0.25, -0.2) is 0 Å². The van der Waals surface area contributed by atoms with Crippen LogP contribution in [-0.4, -0.2) is 5.91 Å². The van der Waals surface area contributed by atoms with E-state index in [2.05, 4.69) is 23.5 Å². The van der Waals surface area contributed by atoms with Gasteiger partial charge in [0.05, 0.1) is 5.56 Å². The molecule has 0 fully saturated rings. The highest BCUT2D eigenvalue weighted by Crippen LogP contribution is 2.37. The van der Waals surface area contributed by atoms with Gasteiger partial charge in [0.25, 0.3) is 5.91 Å². The third kappa shape index (κ3) is 4.37. The largest absolute Gasteiger partial charge is 0.489 e. The van der Waals surface area contributed by atoms with Gasteiger partial charge >= 0.3 is 0 Å². The highest BCUT2D eigenvalue weighted by molar-refractivity contribution is 6.31. The molecule has 1 aliphatic heterocycles. The van der Waals surface area contributed by atoms with Crippen LogP contribution in [0, 0.1) is 13.8 Å². The highest BCUT2D eigenvalue weighted by atomic mass is 35.5. The number of anilines is 2. The van der Waals surface area contributed by atoms with Gasteiger partial charge in [-0.15, -0.1) is 0 Å². The van der Waals surface area contributed by atoms with Gasteiger partial charge in [-0.2, -0.15) is 0 Å². The number of halogens is 1. The van der Waals surface area contributed by atoms with Gasteiger partial charge < -0.3 is 10.1 Å². The molecule has 34 heavy (non-hydrogen) atoms. The van der Waals surface area contributed by atoms with Crippen LogP contribution < -0.4 is 15.0 Å². The minimum absolute atomic E-state index is 0.0246. The number of hydrogen-bond donors (Lipinski definition) is 1. The summed E-state index contributed by atoms with van der Waals surface area (Å²) in [5.41, 5.74) is 6.49. The van der Waals surface area contributed by atoms with Gasteiger partial charge in [0.2, 0.25) is 0 Å². The van der Waals surface area contributed by atoms with Gasteiger partial charge in [-0.3, -0.25) is 9.69 Å². The minimum atomic E-state index is -0.346. The van der Waals surface area contributed by atoms with Crippen LogP contribution in [-0.2, 0) is 6.61 Å². The molecule has 5 rings (SSSR count). The van der Waals surface area contributed by atoms with Crippen molar-refractivity contribution in [2.45, 2.75) is 26.6 Å². The van der Waals surface area contributed by atoms with Crippen molar-refractivity contribution in [3.8, 4) is 5.75 Å². The fraction of sp³-hybridized carbons (Fsp3) is 0.138. The number of nitrogens with one attached hydrogen (secondary N) is 1. The second-order valence-corrected chi connectivity index (χ2v) is 8.97. The van der Waals surface area contributed by atoms with Gasteiger partial charge in [0.15, 0.2) is 0 Å². The number of hydrogen-bond acceptors (Lipinski definition) is 3. The Morgan fingerprint density at radius 1 is 0.882 bits per heavy atom.